The van der Waals surface area contributed by atoms with E-state index in [2.05, 4.69) is 44.7 Å². The number of rotatable bonds is 1. The topological polar surface area (TPSA) is 29.9 Å². The molecule has 0 bridgehead atoms. The van der Waals surface area contributed by atoms with Crippen molar-refractivity contribution in [3.8, 4) is 0 Å². The van der Waals surface area contributed by atoms with Gasteiger partial charge in [0, 0.05) is 30.6 Å². The van der Waals surface area contributed by atoms with Crippen LogP contribution in [0.4, 0.5) is 0 Å². The standard InChI is InChI=1S/C14H25N3/c1-10-12(11-7-6-8-15-9-11)17(5)16-13(10)14(2,3)4/h11,15H,6-9H2,1-5H3. The normalized spacial score (nSPS) is 21.8. The van der Waals surface area contributed by atoms with Crippen molar-refractivity contribution in [2.75, 3.05) is 13.1 Å². The highest BCUT2D eigenvalue weighted by molar-refractivity contribution is 5.32. The maximum absolute atomic E-state index is 4.75. The number of nitrogens with one attached hydrogen (secondary N) is 1. The average molecular weight is 235 g/mol. The van der Waals surface area contributed by atoms with Crippen LogP contribution in [0.25, 0.3) is 0 Å². The van der Waals surface area contributed by atoms with Crippen LogP contribution >= 0.6 is 0 Å². The molecular formula is C14H25N3. The van der Waals surface area contributed by atoms with Gasteiger partial charge in [-0.3, -0.25) is 4.68 Å². The molecule has 3 heteroatoms. The van der Waals surface area contributed by atoms with Gasteiger partial charge < -0.3 is 5.32 Å². The van der Waals surface area contributed by atoms with Crippen LogP contribution in [0.1, 0.15) is 56.5 Å². The van der Waals surface area contributed by atoms with Crippen molar-refractivity contribution in [2.45, 2.75) is 51.9 Å². The van der Waals surface area contributed by atoms with Crippen LogP contribution in [-0.4, -0.2) is 22.9 Å². The van der Waals surface area contributed by atoms with Crippen LogP contribution in [0.5, 0.6) is 0 Å². The Balaban J connectivity index is 2.37. The lowest BCUT2D eigenvalue weighted by atomic mass is 9.86. The van der Waals surface area contributed by atoms with Gasteiger partial charge in [-0.1, -0.05) is 20.8 Å². The molecule has 1 atom stereocenters. The second-order valence-electron chi connectivity index (χ2n) is 6.28. The fourth-order valence-corrected chi connectivity index (χ4v) is 3.01. The molecule has 1 aromatic heterocycles. The van der Waals surface area contributed by atoms with Gasteiger partial charge in [0.05, 0.1) is 5.69 Å². The third kappa shape index (κ3) is 2.39. The maximum Gasteiger partial charge on any atom is 0.0709 e. The molecule has 3 nitrogen and oxygen atoms in total. The van der Waals surface area contributed by atoms with Gasteiger partial charge in [-0.15, -0.1) is 0 Å². The first-order valence-corrected chi connectivity index (χ1v) is 6.66. The van der Waals surface area contributed by atoms with Crippen molar-refractivity contribution < 1.29 is 0 Å². The Morgan fingerprint density at radius 2 is 2.06 bits per heavy atom. The Kier molecular flexibility index (Phi) is 3.30. The number of hydrogen-bond acceptors (Lipinski definition) is 2. The zero-order valence-electron chi connectivity index (χ0n) is 11.8. The molecule has 2 heterocycles. The molecule has 0 amide bonds. The van der Waals surface area contributed by atoms with E-state index in [0.717, 1.165) is 6.54 Å². The Morgan fingerprint density at radius 3 is 2.53 bits per heavy atom. The van der Waals surface area contributed by atoms with E-state index in [9.17, 15) is 0 Å². The molecule has 0 aromatic carbocycles. The lowest BCUT2D eigenvalue weighted by molar-refractivity contribution is 0.440. The van der Waals surface area contributed by atoms with Crippen molar-refractivity contribution >= 4 is 0 Å². The minimum atomic E-state index is 0.141. The lowest BCUT2D eigenvalue weighted by Gasteiger charge is -2.24. The smallest absolute Gasteiger partial charge is 0.0709 e. The summed E-state index contributed by atoms with van der Waals surface area (Å²) in [6.45, 7) is 11.2. The number of piperidine rings is 1. The molecule has 2 rings (SSSR count). The highest BCUT2D eigenvalue weighted by Gasteiger charge is 2.27. The van der Waals surface area contributed by atoms with Crippen LogP contribution in [0, 0.1) is 6.92 Å². The van der Waals surface area contributed by atoms with Crippen molar-refractivity contribution in [1.29, 1.82) is 0 Å². The predicted molar refractivity (Wildman–Crippen MR) is 71.5 cm³/mol. The molecule has 0 radical (unpaired) electrons. The molecule has 1 aromatic rings. The Morgan fingerprint density at radius 1 is 1.35 bits per heavy atom. The van der Waals surface area contributed by atoms with Crippen LogP contribution in [0.3, 0.4) is 0 Å². The van der Waals surface area contributed by atoms with E-state index in [1.165, 1.54) is 36.3 Å². The van der Waals surface area contributed by atoms with E-state index in [1.54, 1.807) is 0 Å². The summed E-state index contributed by atoms with van der Waals surface area (Å²) < 4.78 is 2.10. The molecule has 1 fully saturated rings. The van der Waals surface area contributed by atoms with E-state index < -0.39 is 0 Å². The molecule has 96 valence electrons. The molecule has 1 N–H and O–H groups in total. The Hall–Kier alpha value is -0.830. The van der Waals surface area contributed by atoms with Gasteiger partial charge in [0.2, 0.25) is 0 Å². The predicted octanol–water partition coefficient (Wildman–Crippen LogP) is 2.49. The molecular weight excluding hydrogens is 210 g/mol. The zero-order valence-corrected chi connectivity index (χ0v) is 11.8. The maximum atomic E-state index is 4.75. The molecule has 0 saturated carbocycles. The molecule has 1 aliphatic heterocycles. The molecule has 0 spiro atoms. The van der Waals surface area contributed by atoms with E-state index in [4.69, 9.17) is 5.10 Å². The summed E-state index contributed by atoms with van der Waals surface area (Å²) in [5, 5.41) is 8.24. The Labute approximate surface area is 105 Å². The number of aromatic nitrogens is 2. The fraction of sp³-hybridized carbons (Fsp3) is 0.786. The largest absolute Gasteiger partial charge is 0.316 e. The first-order chi connectivity index (χ1) is 7.91. The summed E-state index contributed by atoms with van der Waals surface area (Å²) in [5.74, 6) is 0.636. The summed E-state index contributed by atoms with van der Waals surface area (Å²) in [6, 6.07) is 0. The fourth-order valence-electron chi connectivity index (χ4n) is 3.01. The minimum absolute atomic E-state index is 0.141. The second-order valence-corrected chi connectivity index (χ2v) is 6.28. The summed E-state index contributed by atoms with van der Waals surface area (Å²) in [5.41, 5.74) is 4.22. The van der Waals surface area contributed by atoms with Gasteiger partial charge in [0.1, 0.15) is 0 Å². The van der Waals surface area contributed by atoms with E-state index in [0.29, 0.717) is 5.92 Å². The van der Waals surface area contributed by atoms with Crippen LogP contribution < -0.4 is 5.32 Å². The van der Waals surface area contributed by atoms with Crippen LogP contribution in [0.15, 0.2) is 0 Å². The van der Waals surface area contributed by atoms with E-state index >= 15 is 0 Å². The first kappa shape index (κ1) is 12.6. The second kappa shape index (κ2) is 4.45. The zero-order chi connectivity index (χ0) is 12.6. The van der Waals surface area contributed by atoms with E-state index in [-0.39, 0.29) is 5.41 Å². The van der Waals surface area contributed by atoms with Crippen LogP contribution in [0.2, 0.25) is 0 Å². The van der Waals surface area contributed by atoms with Crippen molar-refractivity contribution in [1.82, 2.24) is 15.1 Å². The molecule has 17 heavy (non-hydrogen) atoms. The highest BCUT2D eigenvalue weighted by Crippen LogP contribution is 2.32. The highest BCUT2D eigenvalue weighted by atomic mass is 15.3. The van der Waals surface area contributed by atoms with Gasteiger partial charge in [-0.05, 0) is 31.9 Å². The quantitative estimate of drug-likeness (QED) is 0.810. The lowest BCUT2D eigenvalue weighted by Crippen LogP contribution is -2.29. The van der Waals surface area contributed by atoms with Gasteiger partial charge in [-0.2, -0.15) is 5.10 Å². The third-order valence-electron chi connectivity index (χ3n) is 3.73. The third-order valence-corrected chi connectivity index (χ3v) is 3.73. The van der Waals surface area contributed by atoms with Gasteiger partial charge in [0.25, 0.3) is 0 Å². The monoisotopic (exact) mass is 235 g/mol. The summed E-state index contributed by atoms with van der Waals surface area (Å²) in [4.78, 5) is 0. The number of hydrogen-bond donors (Lipinski definition) is 1. The van der Waals surface area contributed by atoms with Gasteiger partial charge in [-0.25, -0.2) is 0 Å². The molecule has 1 unspecified atom stereocenters. The van der Waals surface area contributed by atoms with Gasteiger partial charge in [0.15, 0.2) is 0 Å². The summed E-state index contributed by atoms with van der Waals surface area (Å²) >= 11 is 0. The van der Waals surface area contributed by atoms with Gasteiger partial charge >= 0.3 is 0 Å². The van der Waals surface area contributed by atoms with Crippen molar-refractivity contribution in [2.24, 2.45) is 7.05 Å². The number of nitrogens with zero attached hydrogens (tertiary/aromatic N) is 2. The van der Waals surface area contributed by atoms with Crippen molar-refractivity contribution in [3.63, 3.8) is 0 Å². The average Bonchev–Trinajstić information content (AvgIpc) is 2.55. The minimum Gasteiger partial charge on any atom is -0.316 e. The molecule has 0 aliphatic carbocycles. The van der Waals surface area contributed by atoms with E-state index in [1.807, 2.05) is 0 Å². The SMILES string of the molecule is Cc1c(C(C)(C)C)nn(C)c1C1CCCNC1. The van der Waals surface area contributed by atoms with Crippen LogP contribution in [-0.2, 0) is 12.5 Å². The molecule has 1 saturated heterocycles. The van der Waals surface area contributed by atoms with Crippen molar-refractivity contribution in [3.05, 3.63) is 17.0 Å². The first-order valence-electron chi connectivity index (χ1n) is 6.66. The summed E-state index contributed by atoms with van der Waals surface area (Å²) in [6.07, 6.45) is 2.57. The number of aryl methyl sites for hydroxylation is 1. The molecule has 1 aliphatic rings. The summed E-state index contributed by atoms with van der Waals surface area (Å²) in [7, 11) is 2.09. The Bertz CT molecular complexity index is 392.